The van der Waals surface area contributed by atoms with Gasteiger partial charge >= 0.3 is 0 Å². The van der Waals surface area contributed by atoms with Crippen molar-refractivity contribution in [1.82, 2.24) is 9.97 Å². The summed E-state index contributed by atoms with van der Waals surface area (Å²) in [6, 6.07) is 5.93. The van der Waals surface area contributed by atoms with E-state index in [1.165, 1.54) is 0 Å². The highest BCUT2D eigenvalue weighted by molar-refractivity contribution is 9.08. The molecule has 2 aromatic heterocycles. The number of hydrogen-bond donors (Lipinski definition) is 1. The molecule has 0 saturated heterocycles. The van der Waals surface area contributed by atoms with Crippen molar-refractivity contribution in [3.05, 3.63) is 42.4 Å². The average molecular weight is 264 g/mol. The molecule has 2 rings (SSSR count). The van der Waals surface area contributed by atoms with Crippen LogP contribution in [0, 0.1) is 0 Å². The van der Waals surface area contributed by atoms with Crippen molar-refractivity contribution in [3.63, 3.8) is 0 Å². The van der Waals surface area contributed by atoms with Crippen LogP contribution in [0.1, 0.15) is 5.56 Å². The lowest BCUT2D eigenvalue weighted by Gasteiger charge is -2.05. The molecule has 0 aliphatic carbocycles. The number of anilines is 1. The molecule has 0 amide bonds. The Morgan fingerprint density at radius 2 is 1.93 bits per heavy atom. The van der Waals surface area contributed by atoms with Crippen LogP contribution >= 0.6 is 15.9 Å². The summed E-state index contributed by atoms with van der Waals surface area (Å²) >= 11 is 3.38. The topological polar surface area (TPSA) is 51.8 Å². The summed E-state index contributed by atoms with van der Waals surface area (Å²) < 4.78 is 0. The molecule has 2 heterocycles. The maximum Gasteiger partial charge on any atom is 0.127 e. The molecule has 3 nitrogen and oxygen atoms in total. The fourth-order valence-electron chi connectivity index (χ4n) is 1.33. The summed E-state index contributed by atoms with van der Waals surface area (Å²) in [6.45, 7) is 0. The van der Waals surface area contributed by atoms with Crippen molar-refractivity contribution in [3.8, 4) is 11.1 Å². The Morgan fingerprint density at radius 1 is 1.20 bits per heavy atom. The Labute approximate surface area is 96.5 Å². The lowest BCUT2D eigenvalue weighted by molar-refractivity contribution is 1.26. The van der Waals surface area contributed by atoms with Gasteiger partial charge in [-0.25, -0.2) is 4.98 Å². The number of nitrogens with two attached hydrogens (primary N) is 1. The molecule has 15 heavy (non-hydrogen) atoms. The van der Waals surface area contributed by atoms with Crippen molar-refractivity contribution in [2.24, 2.45) is 0 Å². The van der Waals surface area contributed by atoms with Crippen LogP contribution in [0.2, 0.25) is 0 Å². The van der Waals surface area contributed by atoms with Gasteiger partial charge in [-0.05, 0) is 23.8 Å². The summed E-state index contributed by atoms with van der Waals surface area (Å²) in [7, 11) is 0. The monoisotopic (exact) mass is 263 g/mol. The van der Waals surface area contributed by atoms with E-state index in [4.69, 9.17) is 5.73 Å². The van der Waals surface area contributed by atoms with Crippen LogP contribution in [-0.4, -0.2) is 9.97 Å². The molecule has 0 radical (unpaired) electrons. The van der Waals surface area contributed by atoms with Gasteiger partial charge < -0.3 is 5.73 Å². The lowest BCUT2D eigenvalue weighted by atomic mass is 10.1. The fourth-order valence-corrected chi connectivity index (χ4v) is 1.78. The quantitative estimate of drug-likeness (QED) is 0.848. The molecule has 0 aliphatic heterocycles. The van der Waals surface area contributed by atoms with Gasteiger partial charge in [0.2, 0.25) is 0 Å². The van der Waals surface area contributed by atoms with Crippen LogP contribution in [0.25, 0.3) is 11.1 Å². The highest BCUT2D eigenvalue weighted by Crippen LogP contribution is 2.22. The van der Waals surface area contributed by atoms with E-state index in [1.54, 1.807) is 18.6 Å². The molecule has 0 bridgehead atoms. The molecule has 0 fully saturated rings. The molecular weight excluding hydrogens is 254 g/mol. The number of rotatable bonds is 2. The lowest BCUT2D eigenvalue weighted by Crippen LogP contribution is -1.96. The van der Waals surface area contributed by atoms with Crippen molar-refractivity contribution in [2.45, 2.75) is 5.33 Å². The van der Waals surface area contributed by atoms with Crippen LogP contribution < -0.4 is 5.73 Å². The first kappa shape index (κ1) is 10.1. The minimum absolute atomic E-state index is 0.574. The van der Waals surface area contributed by atoms with Gasteiger partial charge in [0.05, 0.1) is 0 Å². The van der Waals surface area contributed by atoms with E-state index < -0.39 is 0 Å². The zero-order chi connectivity index (χ0) is 10.7. The van der Waals surface area contributed by atoms with E-state index in [1.807, 2.05) is 18.2 Å². The molecule has 2 N–H and O–H groups in total. The summed E-state index contributed by atoms with van der Waals surface area (Å²) in [4.78, 5) is 8.13. The summed E-state index contributed by atoms with van der Waals surface area (Å²) in [5, 5.41) is 0.713. The third kappa shape index (κ3) is 2.15. The second-order valence-corrected chi connectivity index (χ2v) is 3.70. The number of aromatic nitrogens is 2. The van der Waals surface area contributed by atoms with Gasteiger partial charge in [-0.15, -0.1) is 0 Å². The van der Waals surface area contributed by atoms with Crippen LogP contribution in [0.3, 0.4) is 0 Å². The van der Waals surface area contributed by atoms with E-state index in [-0.39, 0.29) is 0 Å². The van der Waals surface area contributed by atoms with E-state index in [0.29, 0.717) is 11.1 Å². The maximum atomic E-state index is 5.72. The van der Waals surface area contributed by atoms with Crippen LogP contribution in [0.15, 0.2) is 36.8 Å². The van der Waals surface area contributed by atoms with Crippen molar-refractivity contribution < 1.29 is 0 Å². The molecule has 0 atom stereocenters. The Morgan fingerprint density at radius 3 is 2.60 bits per heavy atom. The number of hydrogen-bond acceptors (Lipinski definition) is 3. The number of nitrogen functional groups attached to an aromatic ring is 1. The van der Waals surface area contributed by atoms with Gasteiger partial charge in [0, 0.05) is 35.0 Å². The van der Waals surface area contributed by atoms with Gasteiger partial charge in [0.15, 0.2) is 0 Å². The highest BCUT2D eigenvalue weighted by atomic mass is 79.9. The largest absolute Gasteiger partial charge is 0.383 e. The molecule has 0 unspecified atom stereocenters. The molecule has 0 aliphatic rings. The molecular formula is C11H10BrN3. The van der Waals surface area contributed by atoms with Crippen LogP contribution in [-0.2, 0) is 5.33 Å². The molecule has 0 saturated carbocycles. The van der Waals surface area contributed by atoms with Gasteiger partial charge in [-0.3, -0.25) is 4.98 Å². The van der Waals surface area contributed by atoms with Crippen molar-refractivity contribution >= 4 is 21.7 Å². The van der Waals surface area contributed by atoms with Crippen molar-refractivity contribution in [1.29, 1.82) is 0 Å². The Hall–Kier alpha value is -1.42. The second kappa shape index (κ2) is 4.40. The average Bonchev–Trinajstić information content (AvgIpc) is 2.31. The van der Waals surface area contributed by atoms with Crippen LogP contribution in [0.4, 0.5) is 5.82 Å². The van der Waals surface area contributed by atoms with Gasteiger partial charge in [-0.1, -0.05) is 15.9 Å². The standard InChI is InChI=1S/C11H10BrN3/c12-6-9-5-10(7-15-11(9)13)8-1-3-14-4-2-8/h1-5,7H,6H2,(H2,13,15). The zero-order valence-corrected chi connectivity index (χ0v) is 9.61. The number of pyridine rings is 2. The Balaban J connectivity index is 2.46. The van der Waals surface area contributed by atoms with Crippen molar-refractivity contribution in [2.75, 3.05) is 5.73 Å². The second-order valence-electron chi connectivity index (χ2n) is 3.14. The highest BCUT2D eigenvalue weighted by Gasteiger charge is 2.02. The fraction of sp³-hybridized carbons (Fsp3) is 0.0909. The molecule has 0 spiro atoms. The molecule has 4 heteroatoms. The smallest absolute Gasteiger partial charge is 0.127 e. The van der Waals surface area contributed by atoms with E-state index in [0.717, 1.165) is 16.7 Å². The zero-order valence-electron chi connectivity index (χ0n) is 8.02. The molecule has 76 valence electrons. The van der Waals surface area contributed by atoms with Gasteiger partial charge in [0.1, 0.15) is 5.82 Å². The first-order valence-corrected chi connectivity index (χ1v) is 5.64. The first-order valence-electron chi connectivity index (χ1n) is 4.52. The van der Waals surface area contributed by atoms with E-state index in [9.17, 15) is 0 Å². The normalized spacial score (nSPS) is 10.2. The van der Waals surface area contributed by atoms with Gasteiger partial charge in [0.25, 0.3) is 0 Å². The number of halogens is 1. The predicted octanol–water partition coefficient (Wildman–Crippen LogP) is 2.62. The SMILES string of the molecule is Nc1ncc(-c2ccncc2)cc1CBr. The van der Waals surface area contributed by atoms with Gasteiger partial charge in [-0.2, -0.15) is 0 Å². The minimum atomic E-state index is 0.574. The summed E-state index contributed by atoms with van der Waals surface area (Å²) in [5.74, 6) is 0.574. The van der Waals surface area contributed by atoms with E-state index >= 15 is 0 Å². The molecule has 0 aromatic carbocycles. The molecule has 2 aromatic rings. The Kier molecular flexibility index (Phi) is 2.97. The minimum Gasteiger partial charge on any atom is -0.383 e. The predicted molar refractivity (Wildman–Crippen MR) is 64.5 cm³/mol. The van der Waals surface area contributed by atoms with E-state index in [2.05, 4.69) is 25.9 Å². The third-order valence-corrected chi connectivity index (χ3v) is 2.76. The van der Waals surface area contributed by atoms with Crippen LogP contribution in [0.5, 0.6) is 0 Å². The summed E-state index contributed by atoms with van der Waals surface area (Å²) in [6.07, 6.45) is 5.30. The number of nitrogens with zero attached hydrogens (tertiary/aromatic N) is 2. The number of alkyl halides is 1. The maximum absolute atomic E-state index is 5.72. The Bertz CT molecular complexity index is 457. The third-order valence-electron chi connectivity index (χ3n) is 2.16. The summed E-state index contributed by atoms with van der Waals surface area (Å²) in [5.41, 5.74) is 8.88. The first-order chi connectivity index (χ1) is 7.31.